The van der Waals surface area contributed by atoms with E-state index >= 15 is 0 Å². The van der Waals surface area contributed by atoms with Crippen molar-refractivity contribution in [3.63, 3.8) is 0 Å². The lowest BCUT2D eigenvalue weighted by Crippen LogP contribution is -2.65. The summed E-state index contributed by atoms with van der Waals surface area (Å²) >= 11 is 0. The Balaban J connectivity index is 1.54. The van der Waals surface area contributed by atoms with Crippen molar-refractivity contribution in [2.24, 2.45) is 0 Å². The van der Waals surface area contributed by atoms with E-state index in [1.54, 1.807) is 6.08 Å². The fraction of sp³-hybridized carbons (Fsp3) is 0.736. The standard InChI is InChI=1S/C72H123NO13/c1-3-5-7-9-11-13-15-16-17-18-19-20-21-22-23-24-25-26-27-28-29-30-31-32-33-34-35-36-37-38-39-40-41-42-43-44-46-48-50-52-54-56-64(77)73-60(61(76)55-53-51-49-47-45-14-12-10-8-6-4-2)59-83-71-69(82)67(80)70(63(58-75)85-71)86-72-68(81)66(79)65(78)62(57-74)84-72/h5,7-8,10-11,13,16-17,19-20,22-23,25-26,45,47,53,55,60-63,65-72,74-76,78-82H,3-4,6,9,12,14-15,18,21,24,27-44,46,48-52,54,56-59H2,1-2H3,(H,73,77)/b7-5-,10-8+,13-11-,17-16-,20-19-,23-22-,26-25-,47-45+,55-53+. The highest BCUT2D eigenvalue weighted by atomic mass is 16.7. The Morgan fingerprint density at radius 1 is 0.430 bits per heavy atom. The number of hydrogen-bond donors (Lipinski definition) is 9. The van der Waals surface area contributed by atoms with Gasteiger partial charge in [0.15, 0.2) is 12.6 Å². The number of hydrogen-bond acceptors (Lipinski definition) is 13. The second-order valence-corrected chi connectivity index (χ2v) is 23.5. The number of rotatable bonds is 54. The molecule has 0 radical (unpaired) electrons. The fourth-order valence-corrected chi connectivity index (χ4v) is 10.5. The quantitative estimate of drug-likeness (QED) is 0.0204. The van der Waals surface area contributed by atoms with Crippen LogP contribution in [0, 0.1) is 0 Å². The third kappa shape index (κ3) is 39.6. The van der Waals surface area contributed by atoms with Gasteiger partial charge in [0.1, 0.15) is 48.8 Å². The number of nitrogens with one attached hydrogen (secondary N) is 1. The van der Waals surface area contributed by atoms with Gasteiger partial charge in [-0.3, -0.25) is 4.79 Å². The van der Waals surface area contributed by atoms with Crippen LogP contribution in [0.1, 0.15) is 245 Å². The summed E-state index contributed by atoms with van der Waals surface area (Å²) in [4.78, 5) is 13.3. The fourth-order valence-electron chi connectivity index (χ4n) is 10.5. The van der Waals surface area contributed by atoms with Crippen LogP contribution >= 0.6 is 0 Å². The number of ether oxygens (including phenoxy) is 4. The molecule has 12 unspecified atom stereocenters. The molecular weight excluding hydrogens is 1090 g/mol. The Bertz CT molecular complexity index is 1860. The molecule has 2 fully saturated rings. The molecule has 86 heavy (non-hydrogen) atoms. The number of amides is 1. The summed E-state index contributed by atoms with van der Waals surface area (Å²) < 4.78 is 22.7. The van der Waals surface area contributed by atoms with Gasteiger partial charge in [0, 0.05) is 6.42 Å². The molecule has 2 saturated heterocycles. The van der Waals surface area contributed by atoms with Crippen molar-refractivity contribution in [2.75, 3.05) is 19.8 Å². The predicted octanol–water partition coefficient (Wildman–Crippen LogP) is 13.6. The lowest BCUT2D eigenvalue weighted by Gasteiger charge is -2.46. The zero-order chi connectivity index (χ0) is 62.3. The zero-order valence-corrected chi connectivity index (χ0v) is 53.5. The Kier molecular flexibility index (Phi) is 51.0. The van der Waals surface area contributed by atoms with Gasteiger partial charge in [-0.2, -0.15) is 0 Å². The van der Waals surface area contributed by atoms with Crippen LogP contribution in [0.2, 0.25) is 0 Å². The van der Waals surface area contributed by atoms with E-state index in [9.17, 15) is 45.6 Å². The first-order valence-corrected chi connectivity index (χ1v) is 34.1. The third-order valence-corrected chi connectivity index (χ3v) is 15.9. The summed E-state index contributed by atoms with van der Waals surface area (Å²) in [7, 11) is 0. The van der Waals surface area contributed by atoms with E-state index in [4.69, 9.17) is 18.9 Å². The van der Waals surface area contributed by atoms with Crippen LogP contribution in [0.25, 0.3) is 0 Å². The maximum absolute atomic E-state index is 13.3. The van der Waals surface area contributed by atoms with Crippen molar-refractivity contribution in [3.8, 4) is 0 Å². The van der Waals surface area contributed by atoms with Crippen molar-refractivity contribution in [1.82, 2.24) is 5.32 Å². The lowest BCUT2D eigenvalue weighted by atomic mass is 9.97. The summed E-state index contributed by atoms with van der Waals surface area (Å²) in [6, 6.07) is -0.940. The summed E-state index contributed by atoms with van der Waals surface area (Å²) in [6.07, 6.45) is 63.3. The Labute approximate surface area is 521 Å². The first kappa shape index (κ1) is 78.7. The summed E-state index contributed by atoms with van der Waals surface area (Å²) in [5.41, 5.74) is 0. The summed E-state index contributed by atoms with van der Waals surface area (Å²) in [5, 5.41) is 87.0. The minimum Gasteiger partial charge on any atom is -0.394 e. The van der Waals surface area contributed by atoms with Crippen LogP contribution in [0.15, 0.2) is 109 Å². The number of unbranched alkanes of at least 4 members (excludes halogenated alkanes) is 25. The van der Waals surface area contributed by atoms with Gasteiger partial charge >= 0.3 is 0 Å². The van der Waals surface area contributed by atoms with Gasteiger partial charge in [-0.1, -0.05) is 258 Å². The van der Waals surface area contributed by atoms with E-state index in [1.165, 1.54) is 122 Å². The maximum atomic E-state index is 13.3. The first-order valence-electron chi connectivity index (χ1n) is 34.1. The van der Waals surface area contributed by atoms with E-state index in [2.05, 4.69) is 116 Å². The highest BCUT2D eigenvalue weighted by Gasteiger charge is 2.51. The highest BCUT2D eigenvalue weighted by Crippen LogP contribution is 2.30. The molecule has 2 aliphatic heterocycles. The van der Waals surface area contributed by atoms with Gasteiger partial charge in [-0.05, 0) is 89.9 Å². The van der Waals surface area contributed by atoms with Crippen LogP contribution < -0.4 is 5.32 Å². The van der Waals surface area contributed by atoms with Crippen molar-refractivity contribution in [3.05, 3.63) is 109 Å². The Morgan fingerprint density at radius 2 is 0.814 bits per heavy atom. The SMILES string of the molecule is CC/C=C\C/C=C\C/C=C\C/C=C\C/C=C\C/C=C\CCCCCCCCCCCCCCCCCCCCCCCCC(=O)NC(COC1OC(CO)C(OC2OC(CO)C(O)C(O)C2O)C(O)C1O)C(O)/C=C/CC/C=C/CC/C=C/CCC. The summed E-state index contributed by atoms with van der Waals surface area (Å²) in [6.45, 7) is 2.57. The van der Waals surface area contributed by atoms with E-state index in [-0.39, 0.29) is 18.9 Å². The van der Waals surface area contributed by atoms with E-state index in [0.717, 1.165) is 89.9 Å². The van der Waals surface area contributed by atoms with E-state index in [0.29, 0.717) is 12.8 Å². The van der Waals surface area contributed by atoms with Crippen molar-refractivity contribution in [1.29, 1.82) is 0 Å². The monoisotopic (exact) mass is 1210 g/mol. The molecule has 494 valence electrons. The molecule has 0 saturated carbocycles. The minimum absolute atomic E-state index is 0.255. The number of allylic oxidation sites excluding steroid dienone is 17. The van der Waals surface area contributed by atoms with Crippen molar-refractivity contribution >= 4 is 5.91 Å². The number of aliphatic hydroxyl groups excluding tert-OH is 8. The topological polar surface area (TPSA) is 228 Å². The number of carbonyl (C=O) groups is 1. The van der Waals surface area contributed by atoms with Gasteiger partial charge in [0.25, 0.3) is 0 Å². The molecule has 0 bridgehead atoms. The van der Waals surface area contributed by atoms with Crippen LogP contribution in [0.5, 0.6) is 0 Å². The molecule has 1 amide bonds. The maximum Gasteiger partial charge on any atom is 0.220 e. The molecule has 12 atom stereocenters. The first-order chi connectivity index (χ1) is 42.1. The van der Waals surface area contributed by atoms with Crippen molar-refractivity contribution < 1.29 is 64.6 Å². The van der Waals surface area contributed by atoms with Crippen molar-refractivity contribution in [2.45, 2.75) is 319 Å². The minimum atomic E-state index is -1.79. The second-order valence-electron chi connectivity index (χ2n) is 23.5. The van der Waals surface area contributed by atoms with Gasteiger partial charge in [-0.15, -0.1) is 0 Å². The van der Waals surface area contributed by atoms with Crippen LogP contribution in [-0.2, 0) is 23.7 Å². The van der Waals surface area contributed by atoms with Gasteiger partial charge < -0.3 is 65.1 Å². The van der Waals surface area contributed by atoms with E-state index in [1.807, 2.05) is 6.08 Å². The number of carbonyl (C=O) groups excluding carboxylic acids is 1. The van der Waals surface area contributed by atoms with Gasteiger partial charge in [0.2, 0.25) is 5.91 Å². The van der Waals surface area contributed by atoms with Gasteiger partial charge in [0.05, 0.1) is 32.0 Å². The molecule has 14 nitrogen and oxygen atoms in total. The molecule has 2 aliphatic rings. The zero-order valence-electron chi connectivity index (χ0n) is 53.5. The normalized spacial score (nSPS) is 24.1. The predicted molar refractivity (Wildman–Crippen MR) is 350 cm³/mol. The molecule has 14 heteroatoms. The third-order valence-electron chi connectivity index (χ3n) is 15.9. The molecular formula is C72H123NO13. The largest absolute Gasteiger partial charge is 0.394 e. The molecule has 0 aromatic heterocycles. The second kappa shape index (κ2) is 55.7. The smallest absolute Gasteiger partial charge is 0.220 e. The molecule has 9 N–H and O–H groups in total. The number of aliphatic hydroxyl groups is 8. The Hall–Kier alpha value is -3.35. The Morgan fingerprint density at radius 3 is 1.27 bits per heavy atom. The van der Waals surface area contributed by atoms with Gasteiger partial charge in [-0.25, -0.2) is 0 Å². The lowest BCUT2D eigenvalue weighted by molar-refractivity contribution is -0.359. The molecule has 2 heterocycles. The average Bonchev–Trinajstić information content (AvgIpc) is 1.60. The van der Waals surface area contributed by atoms with Crippen LogP contribution in [0.3, 0.4) is 0 Å². The molecule has 0 aromatic carbocycles. The highest BCUT2D eigenvalue weighted by molar-refractivity contribution is 5.76. The molecule has 2 rings (SSSR count). The molecule has 0 spiro atoms. The van der Waals surface area contributed by atoms with E-state index < -0.39 is 86.8 Å². The average molecular weight is 1210 g/mol. The van der Waals surface area contributed by atoms with Crippen LogP contribution in [0.4, 0.5) is 0 Å². The summed E-state index contributed by atoms with van der Waals surface area (Å²) in [5.74, 6) is -0.255. The van der Waals surface area contributed by atoms with Crippen LogP contribution in [-0.4, -0.2) is 140 Å². The molecule has 0 aliphatic carbocycles. The molecule has 0 aromatic rings.